The van der Waals surface area contributed by atoms with Crippen LogP contribution in [-0.2, 0) is 0 Å². The third-order valence-corrected chi connectivity index (χ3v) is 2.85. The second-order valence-corrected chi connectivity index (χ2v) is 4.49. The van der Waals surface area contributed by atoms with Gasteiger partial charge in [-0.1, -0.05) is 29.3 Å². The number of benzene rings is 2. The van der Waals surface area contributed by atoms with Crippen molar-refractivity contribution in [1.29, 1.82) is 0 Å². The topological polar surface area (TPSA) is 12.4 Å². The minimum absolute atomic E-state index is 0.315. The van der Waals surface area contributed by atoms with Crippen LogP contribution in [0.15, 0.2) is 53.0 Å². The predicted molar refractivity (Wildman–Crippen MR) is 80.0 cm³/mol. The molecule has 0 fully saturated rings. The molecule has 2 aromatic rings. The highest BCUT2D eigenvalue weighted by atomic mass is 35.5. The number of hydrogen-bond acceptors (Lipinski definition) is 1. The molecule has 0 atom stereocenters. The number of halogens is 3. The molecule has 1 nitrogen and oxygen atoms in total. The maximum Gasteiger partial charge on any atom is 0.123 e. The van der Waals surface area contributed by atoms with Gasteiger partial charge in [-0.05, 0) is 48.0 Å². The molecule has 96 valence electrons. The molecule has 0 aliphatic carbocycles. The molecule has 0 aromatic heterocycles. The van der Waals surface area contributed by atoms with Crippen LogP contribution in [0.4, 0.5) is 10.1 Å². The lowest BCUT2D eigenvalue weighted by Gasteiger charge is -2.00. The van der Waals surface area contributed by atoms with Gasteiger partial charge in [0, 0.05) is 22.3 Å². The van der Waals surface area contributed by atoms with Crippen LogP contribution in [0.3, 0.4) is 0 Å². The Kier molecular flexibility index (Phi) is 4.72. The molecular weight excluding hydrogens is 284 g/mol. The van der Waals surface area contributed by atoms with Crippen LogP contribution in [-0.4, -0.2) is 6.21 Å². The van der Waals surface area contributed by atoms with E-state index in [4.69, 9.17) is 23.2 Å². The highest BCUT2D eigenvalue weighted by molar-refractivity contribution is 6.30. The molecular formula is C15H10Cl2FN. The van der Waals surface area contributed by atoms with Crippen molar-refractivity contribution in [2.24, 2.45) is 4.99 Å². The van der Waals surface area contributed by atoms with Gasteiger partial charge in [0.05, 0.1) is 5.69 Å². The summed E-state index contributed by atoms with van der Waals surface area (Å²) in [5, 5.41) is 0.649. The van der Waals surface area contributed by atoms with Crippen LogP contribution < -0.4 is 0 Å². The Morgan fingerprint density at radius 2 is 1.74 bits per heavy atom. The van der Waals surface area contributed by atoms with E-state index >= 15 is 0 Å². The maximum atomic E-state index is 13.2. The summed E-state index contributed by atoms with van der Waals surface area (Å²) < 4.78 is 13.2. The lowest BCUT2D eigenvalue weighted by molar-refractivity contribution is 0.627. The Balaban J connectivity index is 2.31. The zero-order chi connectivity index (χ0) is 13.7. The van der Waals surface area contributed by atoms with Gasteiger partial charge in [-0.15, -0.1) is 0 Å². The van der Waals surface area contributed by atoms with Gasteiger partial charge < -0.3 is 0 Å². The van der Waals surface area contributed by atoms with E-state index in [1.54, 1.807) is 42.6 Å². The largest absolute Gasteiger partial charge is 0.256 e. The third-order valence-electron chi connectivity index (χ3n) is 2.47. The van der Waals surface area contributed by atoms with E-state index in [1.807, 2.05) is 0 Å². The van der Waals surface area contributed by atoms with Gasteiger partial charge >= 0.3 is 0 Å². The van der Waals surface area contributed by atoms with Crippen molar-refractivity contribution in [3.8, 4) is 0 Å². The summed E-state index contributed by atoms with van der Waals surface area (Å²) in [7, 11) is 0. The van der Waals surface area contributed by atoms with Crippen LogP contribution >= 0.6 is 23.2 Å². The lowest BCUT2D eigenvalue weighted by atomic mass is 10.1. The van der Waals surface area contributed by atoms with Gasteiger partial charge in [-0.25, -0.2) is 4.39 Å². The first kappa shape index (κ1) is 13.8. The molecule has 2 aromatic carbocycles. The normalized spacial score (nSPS) is 11.5. The zero-order valence-electron chi connectivity index (χ0n) is 9.85. The minimum Gasteiger partial charge on any atom is -0.256 e. The van der Waals surface area contributed by atoms with E-state index in [0.29, 0.717) is 10.6 Å². The summed E-state index contributed by atoms with van der Waals surface area (Å²) >= 11 is 11.3. The van der Waals surface area contributed by atoms with Crippen molar-refractivity contribution in [3.05, 3.63) is 70.0 Å². The van der Waals surface area contributed by atoms with Gasteiger partial charge in [0.2, 0.25) is 0 Å². The van der Waals surface area contributed by atoms with Gasteiger partial charge in [0.25, 0.3) is 0 Å². The van der Waals surface area contributed by atoms with Crippen LogP contribution in [0.2, 0.25) is 5.02 Å². The first-order valence-corrected chi connectivity index (χ1v) is 6.36. The van der Waals surface area contributed by atoms with Gasteiger partial charge in [0.15, 0.2) is 0 Å². The summed E-state index contributed by atoms with van der Waals surface area (Å²) in [6.45, 7) is 0. The Bertz CT molecular complexity index is 619. The fraction of sp³-hybridized carbons (Fsp3) is 0. The zero-order valence-corrected chi connectivity index (χ0v) is 11.4. The van der Waals surface area contributed by atoms with E-state index in [1.165, 1.54) is 17.7 Å². The molecule has 4 heteroatoms. The summed E-state index contributed by atoms with van der Waals surface area (Å²) in [6.07, 6.45) is 3.28. The Hall–Kier alpha value is -1.64. The van der Waals surface area contributed by atoms with E-state index < -0.39 is 0 Å². The average Bonchev–Trinajstić information content (AvgIpc) is 2.41. The van der Waals surface area contributed by atoms with Gasteiger partial charge in [0.1, 0.15) is 5.82 Å². The molecule has 0 heterocycles. The molecule has 19 heavy (non-hydrogen) atoms. The number of rotatable bonds is 3. The van der Waals surface area contributed by atoms with E-state index in [9.17, 15) is 4.39 Å². The van der Waals surface area contributed by atoms with Crippen LogP contribution in [0.1, 0.15) is 11.1 Å². The fourth-order valence-corrected chi connectivity index (χ4v) is 1.81. The second kappa shape index (κ2) is 6.50. The average molecular weight is 294 g/mol. The highest BCUT2D eigenvalue weighted by Gasteiger charge is 1.99. The first-order valence-electron chi connectivity index (χ1n) is 5.55. The quantitative estimate of drug-likeness (QED) is 0.668. The number of hydrogen-bond donors (Lipinski definition) is 0. The van der Waals surface area contributed by atoms with Gasteiger partial charge in [-0.2, -0.15) is 0 Å². The van der Waals surface area contributed by atoms with Crippen LogP contribution in [0.25, 0.3) is 6.08 Å². The molecule has 0 aliphatic rings. The monoisotopic (exact) mass is 293 g/mol. The summed E-state index contributed by atoms with van der Waals surface area (Å²) in [4.78, 5) is 4.27. The van der Waals surface area contributed by atoms with Crippen molar-refractivity contribution in [3.63, 3.8) is 0 Å². The van der Waals surface area contributed by atoms with E-state index in [2.05, 4.69) is 4.99 Å². The molecule has 0 unspecified atom stereocenters. The molecule has 0 radical (unpaired) electrons. The predicted octanol–water partition coefficient (Wildman–Crippen LogP) is 5.44. The summed E-state index contributed by atoms with van der Waals surface area (Å²) in [6, 6.07) is 11.5. The van der Waals surface area contributed by atoms with Crippen molar-refractivity contribution in [1.82, 2.24) is 0 Å². The molecule has 0 amide bonds. The van der Waals surface area contributed by atoms with Gasteiger partial charge in [-0.3, -0.25) is 4.99 Å². The standard InChI is InChI=1S/C15H10Cl2FN/c16-8-7-11-1-4-14(18)9-12(11)10-19-15-5-2-13(17)3-6-15/h1-10H/b8-7-,19-10?. The third kappa shape index (κ3) is 3.91. The van der Waals surface area contributed by atoms with Crippen molar-refractivity contribution in [2.45, 2.75) is 0 Å². The maximum absolute atomic E-state index is 13.2. The molecule has 0 aliphatic heterocycles. The molecule has 0 bridgehead atoms. The lowest BCUT2D eigenvalue weighted by Crippen LogP contribution is -1.88. The second-order valence-electron chi connectivity index (χ2n) is 3.80. The smallest absolute Gasteiger partial charge is 0.123 e. The Morgan fingerprint density at radius 1 is 1.00 bits per heavy atom. The highest BCUT2D eigenvalue weighted by Crippen LogP contribution is 2.17. The van der Waals surface area contributed by atoms with E-state index in [0.717, 1.165) is 11.3 Å². The molecule has 0 saturated heterocycles. The van der Waals surface area contributed by atoms with Crippen LogP contribution in [0, 0.1) is 5.82 Å². The Morgan fingerprint density at radius 3 is 2.42 bits per heavy atom. The van der Waals surface area contributed by atoms with Crippen molar-refractivity contribution in [2.75, 3.05) is 0 Å². The number of nitrogens with zero attached hydrogens (tertiary/aromatic N) is 1. The first-order chi connectivity index (χ1) is 9.19. The molecule has 2 rings (SSSR count). The SMILES string of the molecule is Fc1ccc(/C=C\Cl)c(C=Nc2ccc(Cl)cc2)c1. The molecule has 0 spiro atoms. The summed E-state index contributed by atoms with van der Waals surface area (Å²) in [5.41, 5.74) is 3.59. The molecule has 0 N–H and O–H groups in total. The van der Waals surface area contributed by atoms with Crippen molar-refractivity contribution >= 4 is 41.2 Å². The van der Waals surface area contributed by atoms with Crippen molar-refractivity contribution < 1.29 is 4.39 Å². The Labute approximate surface area is 121 Å². The fourth-order valence-electron chi connectivity index (χ4n) is 1.55. The minimum atomic E-state index is -0.315. The number of aliphatic imine (C=N–C) groups is 1. The molecule has 0 saturated carbocycles. The summed E-state index contributed by atoms with van der Waals surface area (Å²) in [5.74, 6) is -0.315. The van der Waals surface area contributed by atoms with Crippen LogP contribution in [0.5, 0.6) is 0 Å². The van der Waals surface area contributed by atoms with E-state index in [-0.39, 0.29) is 5.82 Å².